The minimum atomic E-state index is -1.16. The number of rotatable bonds is 12. The van der Waals surface area contributed by atoms with Crippen LogP contribution in [0.4, 0.5) is 11.6 Å². The Balaban J connectivity index is 1.59. The van der Waals surface area contributed by atoms with E-state index in [9.17, 15) is 24.9 Å². The Morgan fingerprint density at radius 1 is 1.15 bits per heavy atom. The van der Waals surface area contributed by atoms with Crippen LogP contribution in [0.3, 0.4) is 0 Å². The number of nitrogens with two attached hydrogens (primary N) is 1. The predicted molar refractivity (Wildman–Crippen MR) is 201 cm³/mol. The molecule has 0 saturated carbocycles. The third kappa shape index (κ3) is 7.68. The second-order valence-electron chi connectivity index (χ2n) is 13.5. The van der Waals surface area contributed by atoms with E-state index in [1.807, 2.05) is 32.0 Å². The van der Waals surface area contributed by atoms with Crippen molar-refractivity contribution < 1.29 is 34.0 Å². The number of esters is 1. The molecule has 4 heterocycles. The maximum atomic E-state index is 13.7. The van der Waals surface area contributed by atoms with Gasteiger partial charge in [-0.15, -0.1) is 0 Å². The summed E-state index contributed by atoms with van der Waals surface area (Å²) in [6, 6.07) is 15.3. The molecule has 0 saturated heterocycles. The number of allylic oxidation sites excluding steroid dienone is 1. The van der Waals surface area contributed by atoms with Gasteiger partial charge >= 0.3 is 5.97 Å². The van der Waals surface area contributed by atoms with Crippen molar-refractivity contribution in [2.24, 2.45) is 0 Å². The van der Waals surface area contributed by atoms with E-state index >= 15 is 0 Å². The SMILES string of the molecule is CC=C(C)C(=O)OC1Cc2c(c(C(Cc3cccc(O)c3)c3ccnc(N)c3)c3oc(CO)cc(=O)c3c2O)OC1(C)CCc1ccc(NCC)nc1. The van der Waals surface area contributed by atoms with Crippen LogP contribution in [0, 0.1) is 0 Å². The van der Waals surface area contributed by atoms with Crippen LogP contribution in [0.2, 0.25) is 0 Å². The van der Waals surface area contributed by atoms with Gasteiger partial charge in [-0.05, 0) is 94.0 Å². The number of aromatic nitrogens is 2. The number of fused-ring (bicyclic) bond motifs is 2. The molecule has 276 valence electrons. The molecule has 12 heteroatoms. The maximum absolute atomic E-state index is 13.7. The number of aliphatic hydroxyl groups is 1. The predicted octanol–water partition coefficient (Wildman–Crippen LogP) is 6.08. The van der Waals surface area contributed by atoms with Crippen molar-refractivity contribution in [2.45, 2.75) is 77.6 Å². The fourth-order valence-corrected chi connectivity index (χ4v) is 6.84. The minimum absolute atomic E-state index is 0.00540. The van der Waals surface area contributed by atoms with Crippen molar-refractivity contribution >= 4 is 28.6 Å². The molecule has 5 aromatic rings. The zero-order valence-corrected chi connectivity index (χ0v) is 30.2. The second-order valence-corrected chi connectivity index (χ2v) is 13.5. The first-order chi connectivity index (χ1) is 25.4. The molecule has 1 aliphatic heterocycles. The third-order valence-electron chi connectivity index (χ3n) is 9.85. The van der Waals surface area contributed by atoms with Gasteiger partial charge in [-0.3, -0.25) is 4.79 Å². The molecule has 12 nitrogen and oxygen atoms in total. The lowest BCUT2D eigenvalue weighted by molar-refractivity contribution is -0.158. The average molecular weight is 721 g/mol. The first-order valence-corrected chi connectivity index (χ1v) is 17.6. The number of aryl methyl sites for hydroxylation is 1. The molecule has 0 amide bonds. The molecule has 0 aliphatic carbocycles. The van der Waals surface area contributed by atoms with Crippen LogP contribution in [-0.2, 0) is 35.4 Å². The molecule has 1 aliphatic rings. The molecule has 6 N–H and O–H groups in total. The lowest BCUT2D eigenvalue weighted by atomic mass is 9.79. The molecule has 53 heavy (non-hydrogen) atoms. The summed E-state index contributed by atoms with van der Waals surface area (Å²) in [4.78, 5) is 35.7. The van der Waals surface area contributed by atoms with Gasteiger partial charge in [0.25, 0.3) is 0 Å². The number of nitrogens with one attached hydrogen (secondary N) is 1. The van der Waals surface area contributed by atoms with Crippen LogP contribution in [-0.4, -0.2) is 49.5 Å². The van der Waals surface area contributed by atoms with Crippen molar-refractivity contribution in [2.75, 3.05) is 17.6 Å². The quantitative estimate of drug-likeness (QED) is 0.0739. The van der Waals surface area contributed by atoms with Crippen LogP contribution >= 0.6 is 0 Å². The van der Waals surface area contributed by atoms with Gasteiger partial charge < -0.3 is 40.3 Å². The van der Waals surface area contributed by atoms with Crippen LogP contribution in [0.1, 0.15) is 73.6 Å². The van der Waals surface area contributed by atoms with E-state index in [1.165, 1.54) is 0 Å². The van der Waals surface area contributed by atoms with E-state index in [4.69, 9.17) is 19.6 Å². The molecule has 0 spiro atoms. The number of pyridine rings is 2. The lowest BCUT2D eigenvalue weighted by Gasteiger charge is -2.43. The van der Waals surface area contributed by atoms with Crippen LogP contribution in [0.15, 0.2) is 87.9 Å². The van der Waals surface area contributed by atoms with E-state index in [1.54, 1.807) is 62.6 Å². The number of ether oxygens (including phenoxy) is 2. The van der Waals surface area contributed by atoms with Crippen LogP contribution < -0.4 is 21.2 Å². The van der Waals surface area contributed by atoms with Crippen molar-refractivity contribution in [1.29, 1.82) is 0 Å². The summed E-state index contributed by atoms with van der Waals surface area (Å²) in [7, 11) is 0. The number of hydrogen-bond donors (Lipinski definition) is 5. The highest BCUT2D eigenvalue weighted by Gasteiger charge is 2.47. The van der Waals surface area contributed by atoms with Crippen molar-refractivity contribution in [1.82, 2.24) is 9.97 Å². The number of phenols is 2. The van der Waals surface area contributed by atoms with E-state index in [0.29, 0.717) is 29.5 Å². The Hall–Kier alpha value is -5.88. The minimum Gasteiger partial charge on any atom is -0.508 e. The summed E-state index contributed by atoms with van der Waals surface area (Å²) in [6.45, 7) is 7.43. The summed E-state index contributed by atoms with van der Waals surface area (Å²) < 4.78 is 19.4. The van der Waals surface area contributed by atoms with Crippen molar-refractivity contribution in [3.8, 4) is 17.2 Å². The number of aliphatic hydroxyl groups excluding tert-OH is 1. The lowest BCUT2D eigenvalue weighted by Crippen LogP contribution is -2.52. The Morgan fingerprint density at radius 3 is 2.64 bits per heavy atom. The first-order valence-electron chi connectivity index (χ1n) is 17.6. The van der Waals surface area contributed by atoms with Gasteiger partial charge in [0.05, 0.1) is 0 Å². The zero-order valence-electron chi connectivity index (χ0n) is 30.2. The number of anilines is 2. The van der Waals surface area contributed by atoms with Crippen LogP contribution in [0.5, 0.6) is 17.2 Å². The molecular weight excluding hydrogens is 676 g/mol. The smallest absolute Gasteiger partial charge is 0.333 e. The summed E-state index contributed by atoms with van der Waals surface area (Å²) in [6.07, 6.45) is 5.32. The Kier molecular flexibility index (Phi) is 10.7. The summed E-state index contributed by atoms with van der Waals surface area (Å²) in [5, 5.41) is 35.5. The molecule has 3 atom stereocenters. The summed E-state index contributed by atoms with van der Waals surface area (Å²) in [5.74, 6) is -0.202. The van der Waals surface area contributed by atoms with Gasteiger partial charge in [0, 0.05) is 54.0 Å². The van der Waals surface area contributed by atoms with Crippen molar-refractivity contribution in [3.63, 3.8) is 0 Å². The summed E-state index contributed by atoms with van der Waals surface area (Å²) in [5.41, 5.74) is 8.00. The highest BCUT2D eigenvalue weighted by atomic mass is 16.6. The van der Waals surface area contributed by atoms with E-state index < -0.39 is 35.6 Å². The highest BCUT2D eigenvalue weighted by molar-refractivity contribution is 5.92. The number of nitrogen functional groups attached to an aromatic ring is 1. The number of nitrogens with zero attached hydrogens (tertiary/aromatic N) is 2. The normalized spacial score (nSPS) is 17.5. The van der Waals surface area contributed by atoms with Crippen molar-refractivity contribution in [3.05, 3.63) is 122 Å². The van der Waals surface area contributed by atoms with E-state index in [0.717, 1.165) is 29.6 Å². The van der Waals surface area contributed by atoms with Gasteiger partial charge in [-0.2, -0.15) is 0 Å². The Bertz CT molecular complexity index is 2230. The molecule has 0 fully saturated rings. The molecule has 6 rings (SSSR count). The molecule has 3 unspecified atom stereocenters. The van der Waals surface area contributed by atoms with Gasteiger partial charge in [0.1, 0.15) is 63.9 Å². The van der Waals surface area contributed by atoms with Crippen LogP contribution in [0.25, 0.3) is 11.0 Å². The topological polar surface area (TPSA) is 190 Å². The average Bonchev–Trinajstić information content (AvgIpc) is 3.14. The fourth-order valence-electron chi connectivity index (χ4n) is 6.84. The Labute approximate surface area is 306 Å². The largest absolute Gasteiger partial charge is 0.508 e. The number of benzene rings is 2. The monoisotopic (exact) mass is 720 g/mol. The molecular formula is C41H44N4O8. The zero-order chi connectivity index (χ0) is 37.9. The number of carbonyl (C=O) groups is 1. The third-order valence-corrected chi connectivity index (χ3v) is 9.85. The number of hydrogen-bond acceptors (Lipinski definition) is 12. The molecule has 2 aromatic carbocycles. The van der Waals surface area contributed by atoms with Gasteiger partial charge in [-0.1, -0.05) is 24.3 Å². The van der Waals surface area contributed by atoms with E-state index in [-0.39, 0.29) is 58.2 Å². The number of carbonyl (C=O) groups excluding carboxylic acids is 1. The van der Waals surface area contributed by atoms with Gasteiger partial charge in [0.2, 0.25) is 0 Å². The van der Waals surface area contributed by atoms with E-state index in [2.05, 4.69) is 15.3 Å². The highest BCUT2D eigenvalue weighted by Crippen LogP contribution is 2.51. The molecule has 0 radical (unpaired) electrons. The standard InChI is InChI=1S/C41H44N4O8/c1-5-23(3)40(50)52-32-20-30-37(49)36-31(48)19-28(22-46)51-39(36)35(29(26-13-15-44-33(42)18-26)17-25-8-7-9-27(47)16-25)38(30)53-41(32,4)14-12-24-10-11-34(43-6-2)45-21-24/h5,7-11,13,15-16,18-19,21,29,32,46-47,49H,6,12,14,17,20,22H2,1-4H3,(H2,42,44)(H,43,45). The fraction of sp³-hybridized carbons (Fsp3) is 0.317. The molecule has 0 bridgehead atoms. The molecule has 3 aromatic heterocycles. The summed E-state index contributed by atoms with van der Waals surface area (Å²) >= 11 is 0. The number of phenolic OH excluding ortho intramolecular Hbond substituents is 2. The second kappa shape index (κ2) is 15.4. The maximum Gasteiger partial charge on any atom is 0.333 e. The number of aromatic hydroxyl groups is 2. The van der Waals surface area contributed by atoms with Gasteiger partial charge in [0.15, 0.2) is 5.43 Å². The first kappa shape index (κ1) is 36.9. The Morgan fingerprint density at radius 2 is 1.96 bits per heavy atom. The van der Waals surface area contributed by atoms with Gasteiger partial charge in [-0.25, -0.2) is 14.8 Å².